The molecule has 0 amide bonds. The smallest absolute Gasteiger partial charge is 0.0890 e. The normalized spacial score (nSPS) is 13.1. The first-order chi connectivity index (χ1) is 8.80. The molecule has 0 bridgehead atoms. The lowest BCUT2D eigenvalue weighted by Crippen LogP contribution is -2.33. The van der Waals surface area contributed by atoms with Gasteiger partial charge in [0.2, 0.25) is 0 Å². The van der Waals surface area contributed by atoms with Gasteiger partial charge in [0.05, 0.1) is 11.0 Å². The topological polar surface area (TPSA) is 63.8 Å². The van der Waals surface area contributed by atoms with Gasteiger partial charge in [-0.3, -0.25) is 21.2 Å². The lowest BCUT2D eigenvalue weighted by Gasteiger charge is -2.25. The number of benzene rings is 1. The monoisotopic (exact) mass is 244 g/mol. The van der Waals surface area contributed by atoms with E-state index in [2.05, 4.69) is 41.4 Å². The van der Waals surface area contributed by atoms with Crippen LogP contribution in [0.5, 0.6) is 0 Å². The fourth-order valence-corrected chi connectivity index (χ4v) is 2.44. The van der Waals surface area contributed by atoms with Gasteiger partial charge < -0.3 is 0 Å². The number of nitrogens with zero attached hydrogens (tertiary/aromatic N) is 2. The predicted molar refractivity (Wildman–Crippen MR) is 73.7 cm³/mol. The van der Waals surface area contributed by atoms with Gasteiger partial charge in [0.1, 0.15) is 0 Å². The van der Waals surface area contributed by atoms with Gasteiger partial charge in [0.25, 0.3) is 0 Å². The quantitative estimate of drug-likeness (QED) is 0.626. The summed E-state index contributed by atoms with van der Waals surface area (Å²) in [6, 6.07) is 6.33. The standard InChI is InChI=1S/C14H20N4/c1-3-10(4-2)14(18-15)11-5-6-12-13(9-11)17-8-7-16-12/h5-10,14,18H,3-4,15H2,1-2H3. The van der Waals surface area contributed by atoms with Crippen LogP contribution in [-0.2, 0) is 0 Å². The van der Waals surface area contributed by atoms with Crippen LogP contribution in [0.4, 0.5) is 0 Å². The molecule has 4 heteroatoms. The Kier molecular flexibility index (Phi) is 4.23. The number of nitrogens with two attached hydrogens (primary N) is 1. The average molecular weight is 244 g/mol. The molecule has 96 valence electrons. The maximum Gasteiger partial charge on any atom is 0.0890 e. The maximum atomic E-state index is 5.71. The summed E-state index contributed by atoms with van der Waals surface area (Å²) in [5.74, 6) is 6.25. The zero-order valence-electron chi connectivity index (χ0n) is 10.9. The van der Waals surface area contributed by atoms with Gasteiger partial charge in [-0.15, -0.1) is 0 Å². The van der Waals surface area contributed by atoms with Crippen molar-refractivity contribution in [3.05, 3.63) is 36.2 Å². The summed E-state index contributed by atoms with van der Waals surface area (Å²) in [4.78, 5) is 8.62. The third-order valence-corrected chi connectivity index (χ3v) is 3.55. The second-order valence-electron chi connectivity index (χ2n) is 4.53. The number of rotatable bonds is 5. The Hall–Kier alpha value is -1.52. The Morgan fingerprint density at radius 2 is 1.78 bits per heavy atom. The number of hydrazine groups is 1. The summed E-state index contributed by atoms with van der Waals surface area (Å²) in [5.41, 5.74) is 5.95. The highest BCUT2D eigenvalue weighted by Gasteiger charge is 2.19. The Labute approximate surface area is 108 Å². The molecular weight excluding hydrogens is 224 g/mol. The molecule has 1 heterocycles. The molecule has 0 aliphatic heterocycles. The minimum atomic E-state index is 0.173. The first kappa shape index (κ1) is 12.9. The van der Waals surface area contributed by atoms with E-state index >= 15 is 0 Å². The van der Waals surface area contributed by atoms with Crippen LogP contribution in [0.1, 0.15) is 38.3 Å². The number of fused-ring (bicyclic) bond motifs is 1. The second-order valence-corrected chi connectivity index (χ2v) is 4.53. The van der Waals surface area contributed by atoms with Crippen molar-refractivity contribution >= 4 is 11.0 Å². The molecule has 18 heavy (non-hydrogen) atoms. The third-order valence-electron chi connectivity index (χ3n) is 3.55. The van der Waals surface area contributed by atoms with Crippen molar-refractivity contribution in [2.75, 3.05) is 0 Å². The van der Waals surface area contributed by atoms with Crippen LogP contribution in [0.25, 0.3) is 11.0 Å². The molecule has 1 unspecified atom stereocenters. The van der Waals surface area contributed by atoms with Crippen molar-refractivity contribution in [3.8, 4) is 0 Å². The first-order valence-electron chi connectivity index (χ1n) is 6.47. The summed E-state index contributed by atoms with van der Waals surface area (Å²) in [6.07, 6.45) is 5.63. The van der Waals surface area contributed by atoms with E-state index in [1.807, 2.05) is 6.07 Å². The molecular formula is C14H20N4. The van der Waals surface area contributed by atoms with Gasteiger partial charge in [0.15, 0.2) is 0 Å². The van der Waals surface area contributed by atoms with Crippen LogP contribution in [0, 0.1) is 5.92 Å². The van der Waals surface area contributed by atoms with E-state index in [0.717, 1.165) is 23.9 Å². The van der Waals surface area contributed by atoms with E-state index < -0.39 is 0 Å². The molecule has 2 aromatic rings. The molecule has 1 aromatic carbocycles. The minimum Gasteiger partial charge on any atom is -0.271 e. The van der Waals surface area contributed by atoms with Crippen molar-refractivity contribution in [1.29, 1.82) is 0 Å². The van der Waals surface area contributed by atoms with Gasteiger partial charge in [-0.1, -0.05) is 32.8 Å². The summed E-state index contributed by atoms with van der Waals surface area (Å²) in [5, 5.41) is 0. The van der Waals surface area contributed by atoms with E-state index in [1.54, 1.807) is 12.4 Å². The molecule has 3 N–H and O–H groups in total. The molecule has 1 atom stereocenters. The van der Waals surface area contributed by atoms with Gasteiger partial charge in [-0.05, 0) is 23.6 Å². The van der Waals surface area contributed by atoms with Crippen molar-refractivity contribution in [1.82, 2.24) is 15.4 Å². The zero-order chi connectivity index (χ0) is 13.0. The maximum absolute atomic E-state index is 5.71. The highest BCUT2D eigenvalue weighted by Crippen LogP contribution is 2.27. The lowest BCUT2D eigenvalue weighted by molar-refractivity contribution is 0.345. The zero-order valence-corrected chi connectivity index (χ0v) is 10.9. The molecule has 0 radical (unpaired) electrons. The van der Waals surface area contributed by atoms with Gasteiger partial charge in [-0.25, -0.2) is 0 Å². The second kappa shape index (κ2) is 5.89. The lowest BCUT2D eigenvalue weighted by atomic mass is 9.89. The van der Waals surface area contributed by atoms with Crippen LogP contribution in [0.2, 0.25) is 0 Å². The highest BCUT2D eigenvalue weighted by atomic mass is 15.2. The van der Waals surface area contributed by atoms with Crippen molar-refractivity contribution in [3.63, 3.8) is 0 Å². The van der Waals surface area contributed by atoms with E-state index in [4.69, 9.17) is 5.84 Å². The van der Waals surface area contributed by atoms with E-state index in [9.17, 15) is 0 Å². The Morgan fingerprint density at radius 3 is 2.39 bits per heavy atom. The van der Waals surface area contributed by atoms with Gasteiger partial charge >= 0.3 is 0 Å². The Balaban J connectivity index is 2.39. The van der Waals surface area contributed by atoms with Crippen LogP contribution in [0.15, 0.2) is 30.6 Å². The fraction of sp³-hybridized carbons (Fsp3) is 0.429. The van der Waals surface area contributed by atoms with E-state index in [-0.39, 0.29) is 6.04 Å². The van der Waals surface area contributed by atoms with Gasteiger partial charge in [0, 0.05) is 18.4 Å². The highest BCUT2D eigenvalue weighted by molar-refractivity contribution is 5.74. The molecule has 2 rings (SSSR count). The number of aromatic nitrogens is 2. The third kappa shape index (κ3) is 2.49. The van der Waals surface area contributed by atoms with E-state index in [0.29, 0.717) is 5.92 Å². The Morgan fingerprint density at radius 1 is 1.11 bits per heavy atom. The number of hydrogen-bond acceptors (Lipinski definition) is 4. The first-order valence-corrected chi connectivity index (χ1v) is 6.47. The van der Waals surface area contributed by atoms with E-state index in [1.165, 1.54) is 5.56 Å². The molecule has 4 nitrogen and oxygen atoms in total. The van der Waals surface area contributed by atoms with Crippen molar-refractivity contribution < 1.29 is 0 Å². The summed E-state index contributed by atoms with van der Waals surface area (Å²) in [6.45, 7) is 4.39. The molecule has 0 aliphatic carbocycles. The molecule has 0 spiro atoms. The van der Waals surface area contributed by atoms with Crippen molar-refractivity contribution in [2.45, 2.75) is 32.7 Å². The molecule has 1 aromatic heterocycles. The van der Waals surface area contributed by atoms with Crippen molar-refractivity contribution in [2.24, 2.45) is 11.8 Å². The fourth-order valence-electron chi connectivity index (χ4n) is 2.44. The van der Waals surface area contributed by atoms with Crippen LogP contribution in [0.3, 0.4) is 0 Å². The summed E-state index contributed by atoms with van der Waals surface area (Å²) < 4.78 is 0. The Bertz CT molecular complexity index is 508. The molecule has 0 saturated carbocycles. The molecule has 0 saturated heterocycles. The largest absolute Gasteiger partial charge is 0.271 e. The van der Waals surface area contributed by atoms with Crippen LogP contribution >= 0.6 is 0 Å². The van der Waals surface area contributed by atoms with Crippen LogP contribution in [-0.4, -0.2) is 9.97 Å². The molecule has 0 fully saturated rings. The average Bonchev–Trinajstić information content (AvgIpc) is 2.44. The number of hydrogen-bond donors (Lipinski definition) is 2. The summed E-state index contributed by atoms with van der Waals surface area (Å²) in [7, 11) is 0. The summed E-state index contributed by atoms with van der Waals surface area (Å²) >= 11 is 0. The minimum absolute atomic E-state index is 0.173. The van der Waals surface area contributed by atoms with Gasteiger partial charge in [-0.2, -0.15) is 0 Å². The molecule has 0 aliphatic rings. The van der Waals surface area contributed by atoms with Crippen LogP contribution < -0.4 is 11.3 Å². The predicted octanol–water partition coefficient (Wildman–Crippen LogP) is 2.57. The number of nitrogens with one attached hydrogen (secondary N) is 1. The SMILES string of the molecule is CCC(CC)C(NN)c1ccc2nccnc2c1.